The third-order valence-electron chi connectivity index (χ3n) is 4.02. The highest BCUT2D eigenvalue weighted by Gasteiger charge is 2.18. The van der Waals surface area contributed by atoms with Crippen LogP contribution in [0.3, 0.4) is 0 Å². The number of benzene rings is 1. The molecule has 7 nitrogen and oxygen atoms in total. The SMILES string of the molecule is CC(C)NC(=O)Nc1ccc(N2CCN(c3ncccn3)CC2)cc1. The summed E-state index contributed by atoms with van der Waals surface area (Å²) in [5, 5.41) is 5.65. The first-order chi connectivity index (χ1) is 12.1. The van der Waals surface area contributed by atoms with E-state index in [1.165, 1.54) is 0 Å². The van der Waals surface area contributed by atoms with Crippen LogP contribution in [-0.4, -0.2) is 48.2 Å². The van der Waals surface area contributed by atoms with Gasteiger partial charge in [-0.05, 0) is 44.2 Å². The van der Waals surface area contributed by atoms with Crippen molar-refractivity contribution in [2.24, 2.45) is 0 Å². The van der Waals surface area contributed by atoms with Crippen LogP contribution in [0.5, 0.6) is 0 Å². The van der Waals surface area contributed by atoms with E-state index in [-0.39, 0.29) is 12.1 Å². The summed E-state index contributed by atoms with van der Waals surface area (Å²) in [4.78, 5) is 24.9. The molecule has 2 heterocycles. The molecule has 7 heteroatoms. The van der Waals surface area contributed by atoms with E-state index >= 15 is 0 Å². The average Bonchev–Trinajstić information content (AvgIpc) is 2.62. The molecular formula is C18H24N6O. The van der Waals surface area contributed by atoms with Crippen LogP contribution in [0.15, 0.2) is 42.7 Å². The van der Waals surface area contributed by atoms with Gasteiger partial charge in [-0.2, -0.15) is 0 Å². The Labute approximate surface area is 148 Å². The Morgan fingerprint density at radius 2 is 1.60 bits per heavy atom. The zero-order chi connectivity index (χ0) is 17.6. The van der Waals surface area contributed by atoms with Crippen molar-refractivity contribution in [3.63, 3.8) is 0 Å². The second-order valence-electron chi connectivity index (χ2n) is 6.32. The van der Waals surface area contributed by atoms with Gasteiger partial charge in [-0.15, -0.1) is 0 Å². The van der Waals surface area contributed by atoms with Crippen molar-refractivity contribution in [3.05, 3.63) is 42.7 Å². The van der Waals surface area contributed by atoms with E-state index in [1.54, 1.807) is 12.4 Å². The summed E-state index contributed by atoms with van der Waals surface area (Å²) in [5.41, 5.74) is 1.95. The number of aromatic nitrogens is 2. The zero-order valence-corrected chi connectivity index (χ0v) is 14.6. The van der Waals surface area contributed by atoms with E-state index in [9.17, 15) is 4.79 Å². The Morgan fingerprint density at radius 3 is 2.20 bits per heavy atom. The highest BCUT2D eigenvalue weighted by atomic mass is 16.2. The van der Waals surface area contributed by atoms with Crippen molar-refractivity contribution < 1.29 is 4.79 Å². The van der Waals surface area contributed by atoms with Gasteiger partial charge in [-0.25, -0.2) is 14.8 Å². The maximum Gasteiger partial charge on any atom is 0.319 e. The largest absolute Gasteiger partial charge is 0.368 e. The monoisotopic (exact) mass is 340 g/mol. The van der Waals surface area contributed by atoms with E-state index in [4.69, 9.17) is 0 Å². The van der Waals surface area contributed by atoms with Crippen LogP contribution in [0.25, 0.3) is 0 Å². The number of amides is 2. The third kappa shape index (κ3) is 4.59. The van der Waals surface area contributed by atoms with Crippen LogP contribution in [0.4, 0.5) is 22.1 Å². The Hall–Kier alpha value is -2.83. The predicted molar refractivity (Wildman–Crippen MR) is 100 cm³/mol. The molecule has 1 fully saturated rings. The second-order valence-corrected chi connectivity index (χ2v) is 6.32. The molecule has 3 rings (SSSR count). The van der Waals surface area contributed by atoms with Gasteiger partial charge in [0.15, 0.2) is 0 Å². The van der Waals surface area contributed by atoms with Crippen molar-refractivity contribution in [2.45, 2.75) is 19.9 Å². The van der Waals surface area contributed by atoms with E-state index in [0.717, 1.165) is 43.5 Å². The maximum atomic E-state index is 11.7. The molecule has 2 aromatic rings. The van der Waals surface area contributed by atoms with Gasteiger partial charge in [-0.1, -0.05) is 0 Å². The van der Waals surface area contributed by atoms with Crippen LogP contribution in [0.1, 0.15) is 13.8 Å². The number of urea groups is 1. The maximum absolute atomic E-state index is 11.7. The summed E-state index contributed by atoms with van der Waals surface area (Å²) in [6.45, 7) is 7.48. The van der Waals surface area contributed by atoms with Gasteiger partial charge in [-0.3, -0.25) is 0 Å². The normalized spacial score (nSPS) is 14.5. The highest BCUT2D eigenvalue weighted by molar-refractivity contribution is 5.89. The summed E-state index contributed by atoms with van der Waals surface area (Å²) in [5.74, 6) is 0.790. The molecule has 1 aliphatic heterocycles. The highest BCUT2D eigenvalue weighted by Crippen LogP contribution is 2.20. The molecule has 1 aromatic carbocycles. The zero-order valence-electron chi connectivity index (χ0n) is 14.6. The Bertz CT molecular complexity index is 680. The van der Waals surface area contributed by atoms with Crippen molar-refractivity contribution in [1.82, 2.24) is 15.3 Å². The van der Waals surface area contributed by atoms with Gasteiger partial charge >= 0.3 is 6.03 Å². The van der Waals surface area contributed by atoms with Crippen molar-refractivity contribution in [1.29, 1.82) is 0 Å². The van der Waals surface area contributed by atoms with Gasteiger partial charge in [0, 0.05) is 56.0 Å². The molecule has 1 saturated heterocycles. The fourth-order valence-electron chi connectivity index (χ4n) is 2.80. The van der Waals surface area contributed by atoms with E-state index in [0.29, 0.717) is 0 Å². The topological polar surface area (TPSA) is 73.4 Å². The molecule has 132 valence electrons. The molecule has 1 aliphatic rings. The van der Waals surface area contributed by atoms with Crippen LogP contribution < -0.4 is 20.4 Å². The fraction of sp³-hybridized carbons (Fsp3) is 0.389. The lowest BCUT2D eigenvalue weighted by atomic mass is 10.2. The number of hydrogen-bond acceptors (Lipinski definition) is 5. The molecule has 2 amide bonds. The predicted octanol–water partition coefficient (Wildman–Crippen LogP) is 2.33. The molecule has 0 bridgehead atoms. The summed E-state index contributed by atoms with van der Waals surface area (Å²) < 4.78 is 0. The molecule has 0 unspecified atom stereocenters. The molecule has 0 aliphatic carbocycles. The molecule has 0 radical (unpaired) electrons. The molecule has 25 heavy (non-hydrogen) atoms. The molecule has 1 aromatic heterocycles. The number of piperazine rings is 1. The van der Waals surface area contributed by atoms with Gasteiger partial charge in [0.05, 0.1) is 0 Å². The molecule has 0 saturated carbocycles. The number of carbonyl (C=O) groups is 1. The number of nitrogens with one attached hydrogen (secondary N) is 2. The van der Waals surface area contributed by atoms with E-state index in [2.05, 4.69) is 30.4 Å². The Kier molecular flexibility index (Phi) is 5.33. The Balaban J connectivity index is 1.54. The van der Waals surface area contributed by atoms with E-state index < -0.39 is 0 Å². The lowest BCUT2D eigenvalue weighted by Crippen LogP contribution is -2.47. The number of nitrogens with zero attached hydrogens (tertiary/aromatic N) is 4. The van der Waals surface area contributed by atoms with Crippen molar-refractivity contribution >= 4 is 23.4 Å². The van der Waals surface area contributed by atoms with Crippen LogP contribution in [0.2, 0.25) is 0 Å². The molecular weight excluding hydrogens is 316 g/mol. The smallest absolute Gasteiger partial charge is 0.319 e. The van der Waals surface area contributed by atoms with Crippen LogP contribution in [-0.2, 0) is 0 Å². The lowest BCUT2D eigenvalue weighted by Gasteiger charge is -2.36. The first-order valence-electron chi connectivity index (χ1n) is 8.56. The van der Waals surface area contributed by atoms with Gasteiger partial charge in [0.25, 0.3) is 0 Å². The third-order valence-corrected chi connectivity index (χ3v) is 4.02. The quantitative estimate of drug-likeness (QED) is 0.894. The Morgan fingerprint density at radius 1 is 1.00 bits per heavy atom. The fourth-order valence-corrected chi connectivity index (χ4v) is 2.80. The first kappa shape index (κ1) is 17.0. The minimum atomic E-state index is -0.181. The first-order valence-corrected chi connectivity index (χ1v) is 8.56. The van der Waals surface area contributed by atoms with E-state index in [1.807, 2.05) is 44.2 Å². The number of anilines is 3. The summed E-state index contributed by atoms with van der Waals surface area (Å²) >= 11 is 0. The van der Waals surface area contributed by atoms with Gasteiger partial charge in [0.2, 0.25) is 5.95 Å². The van der Waals surface area contributed by atoms with Crippen LogP contribution in [0, 0.1) is 0 Å². The molecule has 2 N–H and O–H groups in total. The summed E-state index contributed by atoms with van der Waals surface area (Å²) in [6.07, 6.45) is 3.55. The summed E-state index contributed by atoms with van der Waals surface area (Å²) in [6, 6.07) is 9.71. The van der Waals surface area contributed by atoms with Crippen molar-refractivity contribution in [3.8, 4) is 0 Å². The number of rotatable bonds is 4. The minimum absolute atomic E-state index is 0.115. The van der Waals surface area contributed by atoms with Gasteiger partial charge in [0.1, 0.15) is 0 Å². The number of hydrogen-bond donors (Lipinski definition) is 2. The minimum Gasteiger partial charge on any atom is -0.368 e. The molecule has 0 spiro atoms. The second kappa shape index (κ2) is 7.83. The van der Waals surface area contributed by atoms with Crippen LogP contribution >= 0.6 is 0 Å². The number of carbonyl (C=O) groups excluding carboxylic acids is 1. The molecule has 0 atom stereocenters. The summed E-state index contributed by atoms with van der Waals surface area (Å²) in [7, 11) is 0. The average molecular weight is 340 g/mol. The standard InChI is InChI=1S/C18H24N6O/c1-14(2)21-18(25)22-15-4-6-16(7-5-15)23-10-12-24(13-11-23)17-19-8-3-9-20-17/h3-9,14H,10-13H2,1-2H3,(H2,21,22,25). The van der Waals surface area contributed by atoms with Crippen molar-refractivity contribution in [2.75, 3.05) is 41.3 Å². The van der Waals surface area contributed by atoms with Gasteiger partial charge < -0.3 is 20.4 Å². The lowest BCUT2D eigenvalue weighted by molar-refractivity contribution is 0.250.